The van der Waals surface area contributed by atoms with E-state index < -0.39 is 17.6 Å². The average molecular weight is 567 g/mol. The molecule has 0 radical (unpaired) electrons. The number of amides is 2. The lowest BCUT2D eigenvalue weighted by Gasteiger charge is -2.36. The number of imidazole rings is 1. The highest BCUT2D eigenvalue weighted by atomic mass is 35.5. The highest BCUT2D eigenvalue weighted by Crippen LogP contribution is 2.38. The number of carbonyl (C=O) groups is 2. The molecule has 1 aromatic carbocycles. The first kappa shape index (κ1) is 28.4. The summed E-state index contributed by atoms with van der Waals surface area (Å²) >= 11 is 0. The number of carbonyl (C=O) groups excluding carboxylic acids is 2. The van der Waals surface area contributed by atoms with Crippen molar-refractivity contribution in [1.82, 2.24) is 24.8 Å². The van der Waals surface area contributed by atoms with Gasteiger partial charge in [0.25, 0.3) is 5.91 Å². The molecular weight excluding hydrogens is 537 g/mol. The zero-order valence-electron chi connectivity index (χ0n) is 21.3. The number of aromatic nitrogens is 3. The van der Waals surface area contributed by atoms with Crippen LogP contribution in [0.25, 0.3) is 5.65 Å². The van der Waals surface area contributed by atoms with Crippen LogP contribution in [-0.2, 0) is 11.0 Å². The van der Waals surface area contributed by atoms with E-state index in [-0.39, 0.29) is 35.7 Å². The van der Waals surface area contributed by atoms with Gasteiger partial charge in [0.2, 0.25) is 5.91 Å². The first-order chi connectivity index (χ1) is 18.2. The standard InChI is InChI=1S/C25H29F3N8O2.ClH/c1-16(37)34-9-11-35(12-10-34)18-4-5-20(19(13-18)25(26,27)28)32-24(38)21-15-30-23-7-6-22(33-36(21)23)31-17-3-2-8-29-14-17;/h4-7,13,15,17,29H,2-3,8-12,14H2,1H3,(H,31,33)(H,32,38);1H/t17-;/m1./s1. The molecule has 210 valence electrons. The van der Waals surface area contributed by atoms with Crippen LogP contribution in [0.2, 0.25) is 0 Å². The van der Waals surface area contributed by atoms with Crippen molar-refractivity contribution in [2.75, 3.05) is 54.8 Å². The van der Waals surface area contributed by atoms with Crippen LogP contribution in [0.15, 0.2) is 36.5 Å². The van der Waals surface area contributed by atoms with Gasteiger partial charge in [-0.15, -0.1) is 17.5 Å². The molecule has 3 N–H and O–H groups in total. The molecule has 0 unspecified atom stereocenters. The number of nitrogens with one attached hydrogen (secondary N) is 3. The van der Waals surface area contributed by atoms with Gasteiger partial charge >= 0.3 is 6.18 Å². The van der Waals surface area contributed by atoms with E-state index in [4.69, 9.17) is 0 Å². The minimum atomic E-state index is -4.69. The summed E-state index contributed by atoms with van der Waals surface area (Å²) in [5.74, 6) is -0.271. The third-order valence-corrected chi connectivity index (χ3v) is 6.89. The SMILES string of the molecule is CC(=O)N1CCN(c2ccc(NC(=O)c3cnc4ccc(N[C@@H]5CCCNC5)nn34)c(C(F)(F)F)c2)CC1.Cl. The normalized spacial score (nSPS) is 18.0. The number of halogens is 4. The van der Waals surface area contributed by atoms with E-state index in [0.717, 1.165) is 32.0 Å². The third kappa shape index (κ3) is 6.36. The van der Waals surface area contributed by atoms with E-state index in [2.05, 4.69) is 26.0 Å². The lowest BCUT2D eigenvalue weighted by molar-refractivity contribution is -0.136. The van der Waals surface area contributed by atoms with E-state index in [1.165, 1.54) is 23.7 Å². The second kappa shape index (κ2) is 11.7. The number of benzene rings is 1. The molecule has 2 fully saturated rings. The van der Waals surface area contributed by atoms with Gasteiger partial charge in [0.05, 0.1) is 17.4 Å². The maximum Gasteiger partial charge on any atom is 0.418 e. The van der Waals surface area contributed by atoms with Gasteiger partial charge in [-0.25, -0.2) is 9.50 Å². The van der Waals surface area contributed by atoms with E-state index in [1.54, 1.807) is 28.0 Å². The van der Waals surface area contributed by atoms with Crippen molar-refractivity contribution in [3.8, 4) is 0 Å². The van der Waals surface area contributed by atoms with Crippen LogP contribution in [0.1, 0.15) is 35.8 Å². The molecule has 0 bridgehead atoms. The van der Waals surface area contributed by atoms with Crippen LogP contribution in [0, 0.1) is 0 Å². The van der Waals surface area contributed by atoms with E-state index >= 15 is 0 Å². The highest BCUT2D eigenvalue weighted by molar-refractivity contribution is 6.04. The monoisotopic (exact) mass is 566 g/mol. The summed E-state index contributed by atoms with van der Waals surface area (Å²) < 4.78 is 43.4. The average Bonchev–Trinajstić information content (AvgIpc) is 3.32. The van der Waals surface area contributed by atoms with Gasteiger partial charge in [-0.3, -0.25) is 9.59 Å². The summed E-state index contributed by atoms with van der Waals surface area (Å²) in [7, 11) is 0. The van der Waals surface area contributed by atoms with Crippen molar-refractivity contribution in [2.24, 2.45) is 0 Å². The predicted molar refractivity (Wildman–Crippen MR) is 144 cm³/mol. The molecule has 14 heteroatoms. The molecule has 0 aliphatic carbocycles. The molecule has 2 aromatic heterocycles. The minimum Gasteiger partial charge on any atom is -0.368 e. The molecule has 39 heavy (non-hydrogen) atoms. The number of alkyl halides is 3. The van der Waals surface area contributed by atoms with Crippen LogP contribution >= 0.6 is 12.4 Å². The summed E-state index contributed by atoms with van der Waals surface area (Å²) in [5, 5.41) is 13.5. The smallest absolute Gasteiger partial charge is 0.368 e. The Morgan fingerprint density at radius 1 is 1.10 bits per heavy atom. The Hall–Kier alpha value is -3.58. The number of piperazine rings is 1. The molecule has 5 rings (SSSR count). The Morgan fingerprint density at radius 2 is 1.87 bits per heavy atom. The summed E-state index contributed by atoms with van der Waals surface area (Å²) in [4.78, 5) is 32.3. The molecule has 1 atom stereocenters. The summed E-state index contributed by atoms with van der Waals surface area (Å²) in [6.07, 6.45) is -1.39. The molecule has 2 amide bonds. The minimum absolute atomic E-state index is 0. The van der Waals surface area contributed by atoms with Crippen molar-refractivity contribution in [2.45, 2.75) is 32.0 Å². The lowest BCUT2D eigenvalue weighted by atomic mass is 10.1. The van der Waals surface area contributed by atoms with E-state index in [0.29, 0.717) is 43.3 Å². The van der Waals surface area contributed by atoms with Gasteiger partial charge in [-0.05, 0) is 49.7 Å². The number of nitrogens with zero attached hydrogens (tertiary/aromatic N) is 5. The van der Waals surface area contributed by atoms with Crippen LogP contribution < -0.4 is 20.9 Å². The van der Waals surface area contributed by atoms with Crippen LogP contribution in [0.3, 0.4) is 0 Å². The summed E-state index contributed by atoms with van der Waals surface area (Å²) in [6, 6.07) is 7.48. The van der Waals surface area contributed by atoms with Crippen molar-refractivity contribution >= 4 is 47.1 Å². The molecule has 2 aliphatic heterocycles. The summed E-state index contributed by atoms with van der Waals surface area (Å²) in [5.41, 5.74) is -0.512. The molecule has 3 aromatic rings. The number of fused-ring (bicyclic) bond motifs is 1. The van der Waals surface area contributed by atoms with Crippen molar-refractivity contribution < 1.29 is 22.8 Å². The number of rotatable bonds is 5. The second-order valence-electron chi connectivity index (χ2n) is 9.49. The number of hydrogen-bond acceptors (Lipinski definition) is 7. The summed E-state index contributed by atoms with van der Waals surface area (Å²) in [6.45, 7) is 4.94. The Kier molecular flexibility index (Phi) is 8.50. The highest BCUT2D eigenvalue weighted by Gasteiger charge is 2.35. The molecule has 10 nitrogen and oxygen atoms in total. The molecule has 0 saturated carbocycles. The fraction of sp³-hybridized carbons (Fsp3) is 0.440. The quantitative estimate of drug-likeness (QED) is 0.435. The zero-order valence-corrected chi connectivity index (χ0v) is 22.1. The van der Waals surface area contributed by atoms with Crippen LogP contribution in [0.5, 0.6) is 0 Å². The predicted octanol–water partition coefficient (Wildman–Crippen LogP) is 3.25. The first-order valence-electron chi connectivity index (χ1n) is 12.5. The fourth-order valence-electron chi connectivity index (χ4n) is 4.83. The zero-order chi connectivity index (χ0) is 26.9. The van der Waals surface area contributed by atoms with E-state index in [1.807, 2.05) is 0 Å². The van der Waals surface area contributed by atoms with Gasteiger partial charge < -0.3 is 25.8 Å². The van der Waals surface area contributed by atoms with Crippen molar-refractivity contribution in [1.29, 1.82) is 0 Å². The Balaban J connectivity index is 0.00000353. The van der Waals surface area contributed by atoms with Crippen molar-refractivity contribution in [3.63, 3.8) is 0 Å². The molecule has 2 aliphatic rings. The third-order valence-electron chi connectivity index (χ3n) is 6.89. The largest absolute Gasteiger partial charge is 0.418 e. The first-order valence-corrected chi connectivity index (χ1v) is 12.5. The van der Waals surface area contributed by atoms with Crippen molar-refractivity contribution in [3.05, 3.63) is 47.8 Å². The van der Waals surface area contributed by atoms with Gasteiger partial charge in [0.1, 0.15) is 5.82 Å². The van der Waals surface area contributed by atoms with Crippen LogP contribution in [0.4, 0.5) is 30.4 Å². The van der Waals surface area contributed by atoms with Gasteiger partial charge in [-0.2, -0.15) is 13.2 Å². The van der Waals surface area contributed by atoms with Gasteiger partial charge in [0.15, 0.2) is 11.3 Å². The maximum atomic E-state index is 14.0. The molecule has 2 saturated heterocycles. The Labute approximate surface area is 229 Å². The van der Waals surface area contributed by atoms with E-state index in [9.17, 15) is 22.8 Å². The van der Waals surface area contributed by atoms with Gasteiger partial charge in [0, 0.05) is 51.4 Å². The topological polar surface area (TPSA) is 107 Å². The Bertz CT molecular complexity index is 1330. The van der Waals surface area contributed by atoms with Crippen LogP contribution in [-0.4, -0.2) is 76.6 Å². The maximum absolute atomic E-state index is 14.0. The number of hydrogen-bond donors (Lipinski definition) is 3. The molecule has 4 heterocycles. The number of anilines is 3. The number of piperidine rings is 1. The Morgan fingerprint density at radius 3 is 2.54 bits per heavy atom. The van der Waals surface area contributed by atoms with Gasteiger partial charge in [-0.1, -0.05) is 0 Å². The fourth-order valence-corrected chi connectivity index (χ4v) is 4.83. The molecular formula is C25H30ClF3N8O2. The second-order valence-corrected chi connectivity index (χ2v) is 9.49. The lowest BCUT2D eigenvalue weighted by Crippen LogP contribution is -2.48. The molecule has 0 spiro atoms.